The van der Waals surface area contributed by atoms with Crippen LogP contribution in [0.15, 0.2) is 30.1 Å². The quantitative estimate of drug-likeness (QED) is 0.673. The number of hydrogen-bond acceptors (Lipinski definition) is 3. The van der Waals surface area contributed by atoms with Crippen LogP contribution in [-0.2, 0) is 10.3 Å². The first-order valence-electron chi connectivity index (χ1n) is 6.50. The number of aliphatic carboxylic acids is 1. The largest absolute Gasteiger partial charge is 0.481 e. The first-order valence-corrected chi connectivity index (χ1v) is 6.50. The van der Waals surface area contributed by atoms with Crippen LogP contribution < -0.4 is 11.1 Å². The smallest absolute Gasteiger partial charge is 0.306 e. The van der Waals surface area contributed by atoms with Gasteiger partial charge in [-0.25, -0.2) is 0 Å². The molecule has 1 aliphatic heterocycles. The predicted molar refractivity (Wildman–Crippen MR) is 77.8 cm³/mol. The van der Waals surface area contributed by atoms with Gasteiger partial charge in [-0.15, -0.1) is 0 Å². The lowest BCUT2D eigenvalue weighted by Crippen LogP contribution is -2.46. The number of allylic oxidation sites excluding steroid dienone is 1. The number of aromatic nitrogens is 1. The molecule has 104 valence electrons. The topological polar surface area (TPSA) is 91.1 Å². The van der Waals surface area contributed by atoms with Crippen LogP contribution in [0.5, 0.6) is 0 Å². The molecule has 0 spiro atoms. The Bertz CT molecular complexity index is 745. The SMILES string of the molecule is CC1=C(N)NC(C)(CC(=O)O)c2c1[nH]c1ccccc21. The van der Waals surface area contributed by atoms with Crippen molar-refractivity contribution in [2.75, 3.05) is 0 Å². The zero-order valence-electron chi connectivity index (χ0n) is 11.4. The summed E-state index contributed by atoms with van der Waals surface area (Å²) in [6.07, 6.45) is -0.0319. The van der Waals surface area contributed by atoms with Gasteiger partial charge in [0.05, 0.1) is 17.7 Å². The average Bonchev–Trinajstić information content (AvgIpc) is 2.75. The van der Waals surface area contributed by atoms with E-state index in [2.05, 4.69) is 10.3 Å². The number of benzene rings is 1. The summed E-state index contributed by atoms with van der Waals surface area (Å²) in [5, 5.41) is 13.4. The van der Waals surface area contributed by atoms with Crippen LogP contribution in [0.4, 0.5) is 0 Å². The van der Waals surface area contributed by atoms with E-state index in [1.54, 1.807) is 0 Å². The van der Waals surface area contributed by atoms with Gasteiger partial charge in [-0.3, -0.25) is 4.79 Å². The molecule has 2 aromatic rings. The van der Waals surface area contributed by atoms with Crippen molar-refractivity contribution in [1.29, 1.82) is 0 Å². The van der Waals surface area contributed by atoms with Crippen LogP contribution in [0.1, 0.15) is 31.5 Å². The van der Waals surface area contributed by atoms with Crippen molar-refractivity contribution in [2.45, 2.75) is 25.8 Å². The van der Waals surface area contributed by atoms with Crippen molar-refractivity contribution >= 4 is 22.4 Å². The van der Waals surface area contributed by atoms with Crippen LogP contribution in [0.2, 0.25) is 0 Å². The number of carboxylic acids is 1. The molecule has 5 heteroatoms. The summed E-state index contributed by atoms with van der Waals surface area (Å²) in [5.41, 5.74) is 9.11. The lowest BCUT2D eigenvalue weighted by Gasteiger charge is -2.36. The van der Waals surface area contributed by atoms with Crippen LogP contribution in [0, 0.1) is 0 Å². The zero-order valence-corrected chi connectivity index (χ0v) is 11.4. The van der Waals surface area contributed by atoms with E-state index in [0.717, 1.165) is 27.7 Å². The second-order valence-electron chi connectivity index (χ2n) is 5.49. The third-order valence-electron chi connectivity index (χ3n) is 3.95. The molecule has 1 aliphatic rings. The Labute approximate surface area is 116 Å². The fourth-order valence-corrected chi connectivity index (χ4v) is 3.02. The maximum absolute atomic E-state index is 11.2. The molecule has 0 radical (unpaired) electrons. The number of rotatable bonds is 2. The van der Waals surface area contributed by atoms with E-state index in [0.29, 0.717) is 5.82 Å². The molecule has 0 saturated heterocycles. The summed E-state index contributed by atoms with van der Waals surface area (Å²) in [6, 6.07) is 7.89. The lowest BCUT2D eigenvalue weighted by molar-refractivity contribution is -0.138. The second-order valence-corrected chi connectivity index (χ2v) is 5.49. The van der Waals surface area contributed by atoms with Gasteiger partial charge in [-0.1, -0.05) is 18.2 Å². The number of carboxylic acid groups (broad SMARTS) is 1. The molecule has 1 atom stereocenters. The Morgan fingerprint density at radius 2 is 2.10 bits per heavy atom. The number of carbonyl (C=O) groups is 1. The van der Waals surface area contributed by atoms with Gasteiger partial charge in [0, 0.05) is 22.0 Å². The highest BCUT2D eigenvalue weighted by Gasteiger charge is 2.38. The van der Waals surface area contributed by atoms with E-state index >= 15 is 0 Å². The summed E-state index contributed by atoms with van der Waals surface area (Å²) in [4.78, 5) is 14.6. The molecular weight excluding hydrogens is 254 g/mol. The molecule has 5 N–H and O–H groups in total. The average molecular weight is 271 g/mol. The minimum atomic E-state index is -0.858. The van der Waals surface area contributed by atoms with Crippen LogP contribution >= 0.6 is 0 Å². The monoisotopic (exact) mass is 271 g/mol. The first-order chi connectivity index (χ1) is 9.42. The maximum atomic E-state index is 11.2. The standard InChI is InChI=1S/C15H17N3O2/c1-8-13-12(9-5-3-4-6-10(9)17-13)15(2,7-11(19)20)18-14(8)16/h3-6,17-18H,7,16H2,1-2H3,(H,19,20). The number of nitrogens with two attached hydrogens (primary N) is 1. The summed E-state index contributed by atoms with van der Waals surface area (Å²) >= 11 is 0. The van der Waals surface area contributed by atoms with E-state index in [4.69, 9.17) is 5.73 Å². The van der Waals surface area contributed by atoms with Crippen LogP contribution in [0.25, 0.3) is 16.5 Å². The van der Waals surface area contributed by atoms with Crippen LogP contribution in [0.3, 0.4) is 0 Å². The summed E-state index contributed by atoms with van der Waals surface area (Å²) in [5.74, 6) is -0.337. The van der Waals surface area contributed by atoms with Crippen molar-refractivity contribution in [3.8, 4) is 0 Å². The summed E-state index contributed by atoms with van der Waals surface area (Å²) in [7, 11) is 0. The number of para-hydroxylation sites is 1. The molecule has 0 amide bonds. The van der Waals surface area contributed by atoms with Gasteiger partial charge in [0.25, 0.3) is 0 Å². The third-order valence-corrected chi connectivity index (χ3v) is 3.95. The molecule has 2 heterocycles. The fraction of sp³-hybridized carbons (Fsp3) is 0.267. The molecule has 3 rings (SSSR count). The molecule has 0 bridgehead atoms. The molecule has 5 nitrogen and oxygen atoms in total. The minimum Gasteiger partial charge on any atom is -0.481 e. The summed E-state index contributed by atoms with van der Waals surface area (Å²) in [6.45, 7) is 3.80. The van der Waals surface area contributed by atoms with Gasteiger partial charge in [-0.05, 0) is 19.9 Å². The molecule has 0 aliphatic carbocycles. The van der Waals surface area contributed by atoms with Crippen molar-refractivity contribution in [3.63, 3.8) is 0 Å². The Morgan fingerprint density at radius 1 is 1.40 bits per heavy atom. The molecule has 1 unspecified atom stereocenters. The molecular formula is C15H17N3O2. The highest BCUT2D eigenvalue weighted by molar-refractivity contribution is 5.92. The fourth-order valence-electron chi connectivity index (χ4n) is 3.02. The van der Waals surface area contributed by atoms with Gasteiger partial charge in [-0.2, -0.15) is 0 Å². The highest BCUT2D eigenvalue weighted by Crippen LogP contribution is 2.41. The van der Waals surface area contributed by atoms with Gasteiger partial charge in [0.1, 0.15) is 5.82 Å². The van der Waals surface area contributed by atoms with Gasteiger partial charge < -0.3 is 21.1 Å². The van der Waals surface area contributed by atoms with Crippen molar-refractivity contribution in [2.24, 2.45) is 5.73 Å². The van der Waals surface area contributed by atoms with E-state index in [1.807, 2.05) is 38.1 Å². The lowest BCUT2D eigenvalue weighted by atomic mass is 9.82. The second kappa shape index (κ2) is 4.03. The molecule has 0 saturated carbocycles. The highest BCUT2D eigenvalue weighted by atomic mass is 16.4. The molecule has 1 aromatic heterocycles. The Morgan fingerprint density at radius 3 is 2.80 bits per heavy atom. The Balaban J connectivity index is 2.33. The first kappa shape index (κ1) is 12.6. The third kappa shape index (κ3) is 1.66. The maximum Gasteiger partial charge on any atom is 0.306 e. The normalized spacial score (nSPS) is 21.7. The molecule has 1 aromatic carbocycles. The number of nitrogens with one attached hydrogen (secondary N) is 2. The van der Waals surface area contributed by atoms with Gasteiger partial charge >= 0.3 is 5.97 Å². The van der Waals surface area contributed by atoms with Crippen LogP contribution in [-0.4, -0.2) is 16.1 Å². The number of fused-ring (bicyclic) bond motifs is 3. The van der Waals surface area contributed by atoms with E-state index in [9.17, 15) is 9.90 Å². The minimum absolute atomic E-state index is 0.0319. The number of hydrogen-bond donors (Lipinski definition) is 4. The predicted octanol–water partition coefficient (Wildman–Crippen LogP) is 2.11. The molecule has 0 fully saturated rings. The number of aromatic amines is 1. The van der Waals surface area contributed by atoms with E-state index < -0.39 is 11.5 Å². The van der Waals surface area contributed by atoms with Crippen molar-refractivity contribution in [3.05, 3.63) is 41.3 Å². The Hall–Kier alpha value is -2.43. The van der Waals surface area contributed by atoms with Crippen molar-refractivity contribution in [1.82, 2.24) is 10.3 Å². The molecule has 20 heavy (non-hydrogen) atoms. The van der Waals surface area contributed by atoms with E-state index in [1.165, 1.54) is 0 Å². The van der Waals surface area contributed by atoms with Gasteiger partial charge in [0.15, 0.2) is 0 Å². The van der Waals surface area contributed by atoms with Crippen molar-refractivity contribution < 1.29 is 9.90 Å². The number of H-pyrrole nitrogens is 1. The summed E-state index contributed by atoms with van der Waals surface area (Å²) < 4.78 is 0. The Kier molecular flexibility index (Phi) is 2.54. The van der Waals surface area contributed by atoms with Gasteiger partial charge in [0.2, 0.25) is 0 Å². The van der Waals surface area contributed by atoms with E-state index in [-0.39, 0.29) is 6.42 Å². The zero-order chi connectivity index (χ0) is 14.5.